The summed E-state index contributed by atoms with van der Waals surface area (Å²) in [5, 5.41) is -0.286. The van der Waals surface area contributed by atoms with Crippen LogP contribution in [0.25, 0.3) is 0 Å². The van der Waals surface area contributed by atoms with Gasteiger partial charge in [0, 0.05) is 6.20 Å². The van der Waals surface area contributed by atoms with Crippen LogP contribution in [-0.4, -0.2) is 11.3 Å². The van der Waals surface area contributed by atoms with E-state index in [0.29, 0.717) is 0 Å². The molecule has 0 saturated carbocycles. The minimum absolute atomic E-state index is 0.0617. The molecule has 0 amide bonds. The Balaban J connectivity index is 3.47. The van der Waals surface area contributed by atoms with E-state index in [1.807, 2.05) is 0 Å². The number of aromatic nitrogens is 1. The summed E-state index contributed by atoms with van der Waals surface area (Å²) in [6, 6.07) is 0. The molecule has 3 nitrogen and oxygen atoms in total. The normalized spacial score (nSPS) is 10.5. The van der Waals surface area contributed by atoms with Crippen LogP contribution in [0.4, 0.5) is 8.78 Å². The highest BCUT2D eigenvalue weighted by Crippen LogP contribution is 2.18. The van der Waals surface area contributed by atoms with Crippen LogP contribution in [0.1, 0.15) is 22.5 Å². The Morgan fingerprint density at radius 2 is 2.15 bits per heavy atom. The molecule has 0 bridgehead atoms. The maximum Gasteiger partial charge on any atom is 0.279 e. The molecule has 0 aliphatic carbocycles. The largest absolute Gasteiger partial charge is 0.358 e. The number of pyridine rings is 1. The van der Waals surface area contributed by atoms with Crippen molar-refractivity contribution in [1.82, 2.24) is 4.98 Å². The van der Waals surface area contributed by atoms with Gasteiger partial charge in [0.1, 0.15) is 5.02 Å². The fourth-order valence-corrected chi connectivity index (χ4v) is 0.989. The molecule has 1 aromatic rings. The van der Waals surface area contributed by atoms with Gasteiger partial charge in [-0.25, -0.2) is 8.78 Å². The smallest absolute Gasteiger partial charge is 0.279 e. The van der Waals surface area contributed by atoms with Crippen molar-refractivity contribution in [2.75, 3.05) is 0 Å². The van der Waals surface area contributed by atoms with Crippen molar-refractivity contribution in [3.8, 4) is 0 Å². The van der Waals surface area contributed by atoms with Gasteiger partial charge in [-0.15, -0.1) is 0 Å². The van der Waals surface area contributed by atoms with E-state index in [2.05, 4.69) is 4.98 Å². The molecular formula is C7H4ClF2NO2. The summed E-state index contributed by atoms with van der Waals surface area (Å²) in [5.74, 6) is 0. The molecule has 1 N–H and O–H groups in total. The van der Waals surface area contributed by atoms with Crippen LogP contribution < -0.4 is 5.43 Å². The van der Waals surface area contributed by atoms with E-state index in [1.165, 1.54) is 0 Å². The Kier molecular flexibility index (Phi) is 2.77. The molecule has 1 rings (SSSR count). The molecule has 1 heterocycles. The molecular weight excluding hydrogens is 204 g/mol. The molecule has 0 aliphatic rings. The Morgan fingerprint density at radius 3 is 2.62 bits per heavy atom. The third-order valence-electron chi connectivity index (χ3n) is 1.44. The molecule has 70 valence electrons. The summed E-state index contributed by atoms with van der Waals surface area (Å²) in [7, 11) is 0. The van der Waals surface area contributed by atoms with Crippen LogP contribution >= 0.6 is 11.6 Å². The van der Waals surface area contributed by atoms with Crippen molar-refractivity contribution in [3.63, 3.8) is 0 Å². The molecule has 0 aromatic carbocycles. The number of halogens is 3. The van der Waals surface area contributed by atoms with E-state index >= 15 is 0 Å². The number of alkyl halides is 2. The lowest BCUT2D eigenvalue weighted by Gasteiger charge is -2.02. The van der Waals surface area contributed by atoms with Gasteiger partial charge in [-0.3, -0.25) is 9.59 Å². The van der Waals surface area contributed by atoms with Gasteiger partial charge >= 0.3 is 0 Å². The Bertz CT molecular complexity index is 389. The van der Waals surface area contributed by atoms with Gasteiger partial charge in [-0.05, 0) is 0 Å². The average molecular weight is 208 g/mol. The number of carbonyl (C=O) groups excluding carboxylic acids is 1. The molecule has 6 heteroatoms. The summed E-state index contributed by atoms with van der Waals surface area (Å²) < 4.78 is 24.3. The second-order valence-corrected chi connectivity index (χ2v) is 2.62. The lowest BCUT2D eigenvalue weighted by Crippen LogP contribution is -2.14. The Labute approximate surface area is 76.3 Å². The standard InChI is InChI=1S/C7H4ClF2NO2/c8-4-1-11-5(7(9)10)3(2-12)6(4)13/h1-2,7H,(H,11,13). The predicted molar refractivity (Wildman–Crippen MR) is 42.4 cm³/mol. The summed E-state index contributed by atoms with van der Waals surface area (Å²) in [6.45, 7) is 0. The zero-order chi connectivity index (χ0) is 10.0. The van der Waals surface area contributed by atoms with Gasteiger partial charge in [0.15, 0.2) is 6.29 Å². The monoisotopic (exact) mass is 207 g/mol. The number of carbonyl (C=O) groups is 1. The van der Waals surface area contributed by atoms with Crippen LogP contribution in [0.3, 0.4) is 0 Å². The van der Waals surface area contributed by atoms with Crippen molar-refractivity contribution >= 4 is 17.9 Å². The summed E-state index contributed by atoms with van der Waals surface area (Å²) >= 11 is 5.32. The van der Waals surface area contributed by atoms with Crippen LogP contribution in [0, 0.1) is 0 Å². The maximum atomic E-state index is 12.2. The second-order valence-electron chi connectivity index (χ2n) is 2.21. The highest BCUT2D eigenvalue weighted by atomic mass is 35.5. The van der Waals surface area contributed by atoms with Crippen molar-refractivity contribution in [2.45, 2.75) is 6.43 Å². The van der Waals surface area contributed by atoms with E-state index in [-0.39, 0.29) is 11.3 Å². The van der Waals surface area contributed by atoms with Gasteiger partial charge < -0.3 is 4.98 Å². The van der Waals surface area contributed by atoms with E-state index < -0.39 is 23.1 Å². The molecule has 0 spiro atoms. The van der Waals surface area contributed by atoms with E-state index in [9.17, 15) is 18.4 Å². The zero-order valence-corrected chi connectivity index (χ0v) is 6.94. The van der Waals surface area contributed by atoms with Crippen LogP contribution in [-0.2, 0) is 0 Å². The minimum Gasteiger partial charge on any atom is -0.358 e. The lowest BCUT2D eigenvalue weighted by atomic mass is 10.2. The number of rotatable bonds is 2. The topological polar surface area (TPSA) is 49.9 Å². The number of H-pyrrole nitrogens is 1. The van der Waals surface area contributed by atoms with E-state index in [0.717, 1.165) is 6.20 Å². The predicted octanol–water partition coefficient (Wildman–Crippen LogP) is 1.78. The van der Waals surface area contributed by atoms with Crippen LogP contribution in [0.15, 0.2) is 11.0 Å². The molecule has 0 unspecified atom stereocenters. The van der Waals surface area contributed by atoms with Crippen LogP contribution in [0.5, 0.6) is 0 Å². The van der Waals surface area contributed by atoms with E-state index in [1.54, 1.807) is 0 Å². The molecule has 0 radical (unpaired) electrons. The third kappa shape index (κ3) is 1.75. The molecule has 0 aliphatic heterocycles. The Morgan fingerprint density at radius 1 is 1.54 bits per heavy atom. The molecule has 1 aromatic heterocycles. The fraction of sp³-hybridized carbons (Fsp3) is 0.143. The van der Waals surface area contributed by atoms with Crippen molar-refractivity contribution < 1.29 is 13.6 Å². The number of hydrogen-bond acceptors (Lipinski definition) is 2. The summed E-state index contributed by atoms with van der Waals surface area (Å²) in [5.41, 5.74) is -2.21. The number of aldehydes is 1. The zero-order valence-electron chi connectivity index (χ0n) is 6.18. The molecule has 0 fully saturated rings. The average Bonchev–Trinajstić information content (AvgIpc) is 2.09. The first-order valence-electron chi connectivity index (χ1n) is 3.22. The van der Waals surface area contributed by atoms with Crippen molar-refractivity contribution in [1.29, 1.82) is 0 Å². The third-order valence-corrected chi connectivity index (χ3v) is 1.72. The summed E-state index contributed by atoms with van der Waals surface area (Å²) in [4.78, 5) is 23.4. The fourth-order valence-electron chi connectivity index (χ4n) is 0.833. The quantitative estimate of drug-likeness (QED) is 0.752. The minimum atomic E-state index is -2.90. The highest BCUT2D eigenvalue weighted by Gasteiger charge is 2.17. The van der Waals surface area contributed by atoms with Gasteiger partial charge in [-0.2, -0.15) is 0 Å². The SMILES string of the molecule is O=Cc1c(C(F)F)[nH]cc(Cl)c1=O. The first-order chi connectivity index (χ1) is 6.07. The van der Waals surface area contributed by atoms with Crippen molar-refractivity contribution in [3.05, 3.63) is 32.7 Å². The van der Waals surface area contributed by atoms with Gasteiger partial charge in [-0.1, -0.05) is 11.6 Å². The first-order valence-corrected chi connectivity index (χ1v) is 3.60. The summed E-state index contributed by atoms with van der Waals surface area (Å²) in [6.07, 6.45) is -1.91. The van der Waals surface area contributed by atoms with E-state index in [4.69, 9.17) is 11.6 Å². The highest BCUT2D eigenvalue weighted by molar-refractivity contribution is 6.30. The second kappa shape index (κ2) is 3.66. The molecule has 0 atom stereocenters. The number of nitrogens with one attached hydrogen (secondary N) is 1. The lowest BCUT2D eigenvalue weighted by molar-refractivity contribution is 0.110. The maximum absolute atomic E-state index is 12.2. The van der Waals surface area contributed by atoms with Gasteiger partial charge in [0.2, 0.25) is 5.43 Å². The first kappa shape index (κ1) is 9.85. The van der Waals surface area contributed by atoms with Gasteiger partial charge in [0.25, 0.3) is 6.43 Å². The van der Waals surface area contributed by atoms with Crippen molar-refractivity contribution in [2.24, 2.45) is 0 Å². The molecule has 0 saturated heterocycles. The Hall–Kier alpha value is -1.23. The number of aromatic amines is 1. The van der Waals surface area contributed by atoms with Crippen LogP contribution in [0.2, 0.25) is 5.02 Å². The van der Waals surface area contributed by atoms with Gasteiger partial charge in [0.05, 0.1) is 11.3 Å². The molecule has 13 heavy (non-hydrogen) atoms. The number of hydrogen-bond donors (Lipinski definition) is 1.